The van der Waals surface area contributed by atoms with Crippen LogP contribution in [0.5, 0.6) is 0 Å². The van der Waals surface area contributed by atoms with Gasteiger partial charge in [0.15, 0.2) is 0 Å². The Bertz CT molecular complexity index is 1470. The molecule has 1 amide bonds. The van der Waals surface area contributed by atoms with Gasteiger partial charge in [-0.1, -0.05) is 6.07 Å². The molecule has 0 bridgehead atoms. The maximum absolute atomic E-state index is 13.5. The minimum absolute atomic E-state index is 0.0932. The van der Waals surface area contributed by atoms with E-state index in [1.54, 1.807) is 27.6 Å². The Hall–Kier alpha value is -3.61. The van der Waals surface area contributed by atoms with Gasteiger partial charge in [0.05, 0.1) is 12.0 Å². The molecule has 6 rings (SSSR count). The fourth-order valence-corrected chi connectivity index (χ4v) is 5.09. The molecule has 4 heterocycles. The largest absolute Gasteiger partial charge is 0.350 e. The van der Waals surface area contributed by atoms with Gasteiger partial charge in [-0.3, -0.25) is 9.59 Å². The highest BCUT2D eigenvalue weighted by atomic mass is 16.2. The van der Waals surface area contributed by atoms with Crippen LogP contribution in [0.4, 0.5) is 0 Å². The Morgan fingerprint density at radius 2 is 1.91 bits per heavy atom. The zero-order valence-electron chi connectivity index (χ0n) is 19.2. The molecule has 168 valence electrons. The first-order chi connectivity index (χ1) is 15.9. The van der Waals surface area contributed by atoms with Crippen molar-refractivity contribution in [2.45, 2.75) is 51.7 Å². The Kier molecular flexibility index (Phi) is 4.37. The van der Waals surface area contributed by atoms with Crippen LogP contribution in [0.15, 0.2) is 53.8 Å². The number of fused-ring (bicyclic) bond motifs is 2. The molecule has 7 heteroatoms. The average Bonchev–Trinajstić information content (AvgIpc) is 3.49. The van der Waals surface area contributed by atoms with Gasteiger partial charge in [-0.25, -0.2) is 4.98 Å². The predicted molar refractivity (Wildman–Crippen MR) is 127 cm³/mol. The van der Waals surface area contributed by atoms with Crippen molar-refractivity contribution >= 4 is 16.8 Å². The van der Waals surface area contributed by atoms with Crippen molar-refractivity contribution in [2.24, 2.45) is 7.05 Å². The number of benzene rings is 1. The zero-order chi connectivity index (χ0) is 22.9. The molecule has 0 unspecified atom stereocenters. The van der Waals surface area contributed by atoms with Gasteiger partial charge in [-0.05, 0) is 68.0 Å². The first-order valence-electron chi connectivity index (χ1n) is 11.5. The number of hydrogen-bond donors (Lipinski definition) is 0. The van der Waals surface area contributed by atoms with E-state index in [1.807, 2.05) is 24.9 Å². The third-order valence-corrected chi connectivity index (χ3v) is 7.09. The fourth-order valence-electron chi connectivity index (χ4n) is 5.09. The van der Waals surface area contributed by atoms with Crippen LogP contribution >= 0.6 is 0 Å². The van der Waals surface area contributed by atoms with Gasteiger partial charge in [0.2, 0.25) is 0 Å². The molecule has 0 saturated heterocycles. The number of nitrogens with zero attached hydrogens (tertiary/aromatic N) is 5. The topological polar surface area (TPSA) is 65.1 Å². The summed E-state index contributed by atoms with van der Waals surface area (Å²) in [7, 11) is 2.05. The van der Waals surface area contributed by atoms with Gasteiger partial charge in [0.25, 0.3) is 11.5 Å². The van der Waals surface area contributed by atoms with E-state index in [2.05, 4.69) is 41.0 Å². The molecule has 33 heavy (non-hydrogen) atoms. The first-order valence-corrected chi connectivity index (χ1v) is 11.5. The van der Waals surface area contributed by atoms with Crippen molar-refractivity contribution in [3.8, 4) is 5.69 Å². The lowest BCUT2D eigenvalue weighted by Crippen LogP contribution is -2.49. The maximum atomic E-state index is 13.5. The number of aromatic nitrogens is 4. The lowest BCUT2D eigenvalue weighted by atomic mass is 10.0. The molecule has 7 nitrogen and oxygen atoms in total. The highest BCUT2D eigenvalue weighted by Gasteiger charge is 2.32. The van der Waals surface area contributed by atoms with Crippen molar-refractivity contribution in [3.63, 3.8) is 0 Å². The number of imidazole rings is 1. The molecule has 1 aliphatic heterocycles. The van der Waals surface area contributed by atoms with Crippen molar-refractivity contribution in [1.29, 1.82) is 0 Å². The van der Waals surface area contributed by atoms with Crippen molar-refractivity contribution in [2.75, 3.05) is 0 Å². The second-order valence-corrected chi connectivity index (χ2v) is 9.54. The molecule has 0 radical (unpaired) electrons. The Balaban J connectivity index is 1.36. The Labute approximate surface area is 191 Å². The SMILES string of the molecule is Cc1cn(-c2ccc3n(c2=O)C[C@@H](C)N(Cc2cn(C)c4ccc(C5CC5)cc24)C3=O)cn1. The van der Waals surface area contributed by atoms with Gasteiger partial charge in [0.1, 0.15) is 11.4 Å². The van der Waals surface area contributed by atoms with Crippen LogP contribution < -0.4 is 5.56 Å². The fraction of sp³-hybridized carbons (Fsp3) is 0.346. The smallest absolute Gasteiger partial charge is 0.275 e. The monoisotopic (exact) mass is 441 g/mol. The quantitative estimate of drug-likeness (QED) is 0.484. The Morgan fingerprint density at radius 3 is 2.64 bits per heavy atom. The van der Waals surface area contributed by atoms with Crippen molar-refractivity contribution in [3.05, 3.63) is 81.9 Å². The molecule has 1 aliphatic carbocycles. The van der Waals surface area contributed by atoms with Gasteiger partial charge in [-0.2, -0.15) is 0 Å². The molecule has 1 saturated carbocycles. The van der Waals surface area contributed by atoms with Gasteiger partial charge < -0.3 is 18.6 Å². The van der Waals surface area contributed by atoms with Crippen LogP contribution in [-0.4, -0.2) is 35.5 Å². The summed E-state index contributed by atoms with van der Waals surface area (Å²) >= 11 is 0. The minimum Gasteiger partial charge on any atom is -0.350 e. The third kappa shape index (κ3) is 3.22. The van der Waals surface area contributed by atoms with E-state index in [1.165, 1.54) is 29.3 Å². The number of hydrogen-bond acceptors (Lipinski definition) is 3. The van der Waals surface area contributed by atoms with Gasteiger partial charge in [-0.15, -0.1) is 0 Å². The highest BCUT2D eigenvalue weighted by Crippen LogP contribution is 2.41. The van der Waals surface area contributed by atoms with E-state index in [0.29, 0.717) is 30.4 Å². The molecule has 0 N–H and O–H groups in total. The van der Waals surface area contributed by atoms with Gasteiger partial charge >= 0.3 is 0 Å². The average molecular weight is 442 g/mol. The minimum atomic E-state index is -0.163. The van der Waals surface area contributed by atoms with E-state index in [4.69, 9.17) is 0 Å². The zero-order valence-corrected chi connectivity index (χ0v) is 19.2. The normalized spacial score (nSPS) is 18.2. The molecule has 1 fully saturated rings. The van der Waals surface area contributed by atoms with E-state index in [9.17, 15) is 9.59 Å². The van der Waals surface area contributed by atoms with E-state index in [0.717, 1.165) is 11.3 Å². The number of carbonyl (C=O) groups excluding carboxylic acids is 1. The maximum Gasteiger partial charge on any atom is 0.275 e. The number of rotatable bonds is 4. The van der Waals surface area contributed by atoms with Crippen molar-refractivity contribution in [1.82, 2.24) is 23.6 Å². The van der Waals surface area contributed by atoms with Crippen LogP contribution in [-0.2, 0) is 20.1 Å². The number of amides is 1. The second kappa shape index (κ2) is 7.20. The molecule has 2 aliphatic rings. The number of pyridine rings is 1. The highest BCUT2D eigenvalue weighted by molar-refractivity contribution is 5.94. The summed E-state index contributed by atoms with van der Waals surface area (Å²) < 4.78 is 5.47. The molecular weight excluding hydrogens is 414 g/mol. The summed E-state index contributed by atoms with van der Waals surface area (Å²) in [5, 5.41) is 1.22. The third-order valence-electron chi connectivity index (χ3n) is 7.09. The van der Waals surface area contributed by atoms with Crippen molar-refractivity contribution < 1.29 is 4.79 Å². The summed E-state index contributed by atoms with van der Waals surface area (Å²) in [6.07, 6.45) is 8.12. The lowest BCUT2D eigenvalue weighted by molar-refractivity contribution is 0.0591. The molecule has 3 aromatic heterocycles. The molecule has 1 atom stereocenters. The summed E-state index contributed by atoms with van der Waals surface area (Å²) in [6, 6.07) is 10.1. The Morgan fingerprint density at radius 1 is 1.09 bits per heavy atom. The molecule has 4 aromatic rings. The summed E-state index contributed by atoms with van der Waals surface area (Å²) in [5.74, 6) is 0.583. The summed E-state index contributed by atoms with van der Waals surface area (Å²) in [5.41, 5.74) is 5.36. The molecule has 0 spiro atoms. The molecular formula is C26H27N5O2. The standard InChI is InChI=1S/C26H27N5O2/c1-16-11-29(15-27-16)23-8-9-24-26(33)30(17(2)12-31(24)25(23)32)14-20-13-28(3)22-7-6-19(10-21(20)22)18-4-5-18/h6-11,13,15,17-18H,4-5,12,14H2,1-3H3/t17-/m1/s1. The van der Waals surface area contributed by atoms with E-state index >= 15 is 0 Å². The van der Waals surface area contributed by atoms with Crippen LogP contribution in [0.25, 0.3) is 16.6 Å². The van der Waals surface area contributed by atoms with Crippen LogP contribution in [0.2, 0.25) is 0 Å². The molecule has 1 aromatic carbocycles. The first kappa shape index (κ1) is 20.0. The van der Waals surface area contributed by atoms with Crippen LogP contribution in [0.1, 0.15) is 53.0 Å². The second-order valence-electron chi connectivity index (χ2n) is 9.54. The lowest BCUT2D eigenvalue weighted by Gasteiger charge is -2.35. The van der Waals surface area contributed by atoms with E-state index < -0.39 is 0 Å². The summed E-state index contributed by atoms with van der Waals surface area (Å²) in [6.45, 7) is 4.90. The van der Waals surface area contributed by atoms with Crippen LogP contribution in [0, 0.1) is 6.92 Å². The van der Waals surface area contributed by atoms with E-state index in [-0.39, 0.29) is 17.5 Å². The van der Waals surface area contributed by atoms with Crippen LogP contribution in [0.3, 0.4) is 0 Å². The predicted octanol–water partition coefficient (Wildman–Crippen LogP) is 3.76. The van der Waals surface area contributed by atoms with Gasteiger partial charge in [0, 0.05) is 49.5 Å². The summed E-state index contributed by atoms with van der Waals surface area (Å²) in [4.78, 5) is 32.8. The number of aryl methyl sites for hydroxylation is 2. The number of carbonyl (C=O) groups is 1.